The molecular formula is C24H23N5O2. The molecule has 5 rings (SSSR count). The number of hydrogen-bond donors (Lipinski definition) is 2. The first-order valence-corrected chi connectivity index (χ1v) is 10.4. The first-order chi connectivity index (χ1) is 15.1. The Kier molecular flexibility index (Phi) is 4.95. The van der Waals surface area contributed by atoms with Crippen molar-refractivity contribution in [1.82, 2.24) is 25.1 Å². The van der Waals surface area contributed by atoms with Gasteiger partial charge in [0.2, 0.25) is 0 Å². The van der Waals surface area contributed by atoms with Gasteiger partial charge in [-0.1, -0.05) is 12.1 Å². The predicted octanol–water partition coefficient (Wildman–Crippen LogP) is 2.87. The minimum atomic E-state index is -0.463. The van der Waals surface area contributed by atoms with Gasteiger partial charge in [-0.05, 0) is 60.7 Å². The monoisotopic (exact) mass is 413 g/mol. The molecule has 1 saturated carbocycles. The van der Waals surface area contributed by atoms with E-state index in [1.54, 1.807) is 10.9 Å². The molecule has 0 bridgehead atoms. The van der Waals surface area contributed by atoms with Crippen LogP contribution < -0.4 is 5.32 Å². The first-order valence-electron chi connectivity index (χ1n) is 10.4. The third-order valence-electron chi connectivity index (χ3n) is 5.77. The smallest absolute Gasteiger partial charge is 0.253 e. The normalized spacial score (nSPS) is 18.0. The standard InChI is InChI=1S/C24H23N5O2/c1-29-10-8-20(28-29)19-5-4-15(14-26-19)11-16-12-17-3-2-9-25-23(17)18(13-16)24(31)27-21-6-7-22(21)30/h2-5,8-10,12-14,21-22,30H,6-7,11H2,1H3,(H,27,31)/t21-,22-/m0/s1. The Hall–Kier alpha value is -3.58. The van der Waals surface area contributed by atoms with E-state index in [2.05, 4.69) is 26.4 Å². The molecule has 3 aromatic heterocycles. The number of nitrogens with zero attached hydrogens (tertiary/aromatic N) is 4. The Labute approximate surface area is 179 Å². The topological polar surface area (TPSA) is 92.9 Å². The van der Waals surface area contributed by atoms with Gasteiger partial charge in [-0.2, -0.15) is 5.10 Å². The summed E-state index contributed by atoms with van der Waals surface area (Å²) in [7, 11) is 1.88. The van der Waals surface area contributed by atoms with Crippen LogP contribution in [-0.2, 0) is 13.5 Å². The number of aliphatic hydroxyl groups is 1. The molecule has 2 atom stereocenters. The van der Waals surface area contributed by atoms with Crippen LogP contribution in [-0.4, -0.2) is 42.9 Å². The highest BCUT2D eigenvalue weighted by atomic mass is 16.3. The number of carbonyl (C=O) groups is 1. The van der Waals surface area contributed by atoms with Gasteiger partial charge in [-0.15, -0.1) is 0 Å². The number of aryl methyl sites for hydroxylation is 1. The van der Waals surface area contributed by atoms with Crippen LogP contribution in [0.1, 0.15) is 34.3 Å². The second-order valence-corrected chi connectivity index (χ2v) is 8.05. The van der Waals surface area contributed by atoms with Crippen LogP contribution in [0.4, 0.5) is 0 Å². The maximum absolute atomic E-state index is 12.9. The van der Waals surface area contributed by atoms with E-state index in [1.165, 1.54) is 0 Å². The molecule has 1 fully saturated rings. The van der Waals surface area contributed by atoms with E-state index in [0.29, 0.717) is 17.5 Å². The van der Waals surface area contributed by atoms with E-state index in [1.807, 2.05) is 55.8 Å². The van der Waals surface area contributed by atoms with Gasteiger partial charge in [0, 0.05) is 31.0 Å². The summed E-state index contributed by atoms with van der Waals surface area (Å²) >= 11 is 0. The third-order valence-corrected chi connectivity index (χ3v) is 5.77. The number of carbonyl (C=O) groups excluding carboxylic acids is 1. The number of fused-ring (bicyclic) bond motifs is 1. The average Bonchev–Trinajstić information content (AvgIpc) is 3.22. The molecule has 1 amide bonds. The molecule has 0 spiro atoms. The van der Waals surface area contributed by atoms with Crippen molar-refractivity contribution in [2.75, 3.05) is 0 Å². The third kappa shape index (κ3) is 3.92. The van der Waals surface area contributed by atoms with Crippen molar-refractivity contribution in [3.8, 4) is 11.4 Å². The van der Waals surface area contributed by atoms with Crippen molar-refractivity contribution >= 4 is 16.8 Å². The van der Waals surface area contributed by atoms with Crippen molar-refractivity contribution in [2.45, 2.75) is 31.4 Å². The van der Waals surface area contributed by atoms with Crippen molar-refractivity contribution < 1.29 is 9.90 Å². The van der Waals surface area contributed by atoms with Crippen LogP contribution in [0.15, 0.2) is 61.1 Å². The van der Waals surface area contributed by atoms with Gasteiger partial charge in [0.1, 0.15) is 5.69 Å². The van der Waals surface area contributed by atoms with Crippen LogP contribution in [0, 0.1) is 0 Å². The number of aromatic nitrogens is 4. The van der Waals surface area contributed by atoms with E-state index in [4.69, 9.17) is 0 Å². The number of aliphatic hydroxyl groups excluding tert-OH is 1. The highest BCUT2D eigenvalue weighted by Gasteiger charge is 2.30. The van der Waals surface area contributed by atoms with E-state index >= 15 is 0 Å². The molecule has 0 aliphatic heterocycles. The number of amides is 1. The summed E-state index contributed by atoms with van der Waals surface area (Å²) in [6, 6.07) is 13.5. The Morgan fingerprint density at radius 1 is 1.13 bits per heavy atom. The number of benzene rings is 1. The lowest BCUT2D eigenvalue weighted by Crippen LogP contribution is -2.50. The minimum Gasteiger partial charge on any atom is -0.391 e. The summed E-state index contributed by atoms with van der Waals surface area (Å²) in [4.78, 5) is 21.9. The highest BCUT2D eigenvalue weighted by Crippen LogP contribution is 2.24. The summed E-state index contributed by atoms with van der Waals surface area (Å²) < 4.78 is 1.75. The van der Waals surface area contributed by atoms with Crippen LogP contribution in [0.25, 0.3) is 22.3 Å². The summed E-state index contributed by atoms with van der Waals surface area (Å²) in [5.41, 5.74) is 4.91. The van der Waals surface area contributed by atoms with Gasteiger partial charge in [0.25, 0.3) is 5.91 Å². The largest absolute Gasteiger partial charge is 0.391 e. The van der Waals surface area contributed by atoms with Gasteiger partial charge >= 0.3 is 0 Å². The number of pyridine rings is 2. The molecule has 31 heavy (non-hydrogen) atoms. The summed E-state index contributed by atoms with van der Waals surface area (Å²) in [5, 5.41) is 18.1. The van der Waals surface area contributed by atoms with Gasteiger partial charge in [-0.3, -0.25) is 19.4 Å². The maximum atomic E-state index is 12.9. The predicted molar refractivity (Wildman–Crippen MR) is 117 cm³/mol. The molecule has 7 heteroatoms. The Morgan fingerprint density at radius 2 is 2.03 bits per heavy atom. The molecular weight excluding hydrogens is 390 g/mol. The summed E-state index contributed by atoms with van der Waals surface area (Å²) in [6.45, 7) is 0. The number of rotatable bonds is 5. The molecule has 3 heterocycles. The van der Waals surface area contributed by atoms with Crippen molar-refractivity contribution in [2.24, 2.45) is 7.05 Å². The molecule has 0 saturated heterocycles. The van der Waals surface area contributed by atoms with E-state index < -0.39 is 6.10 Å². The molecule has 156 valence electrons. The lowest BCUT2D eigenvalue weighted by atomic mass is 9.89. The quantitative estimate of drug-likeness (QED) is 0.525. The Balaban J connectivity index is 1.42. The molecule has 0 radical (unpaired) electrons. The van der Waals surface area contributed by atoms with Gasteiger partial charge < -0.3 is 10.4 Å². The van der Waals surface area contributed by atoms with Crippen LogP contribution in [0.5, 0.6) is 0 Å². The SMILES string of the molecule is Cn1ccc(-c2ccc(Cc3cc(C(=O)N[C@H]4CC[C@@H]4O)c4ncccc4c3)cn2)n1. The molecule has 1 aliphatic rings. The van der Waals surface area contributed by atoms with E-state index in [-0.39, 0.29) is 11.9 Å². The fourth-order valence-corrected chi connectivity index (χ4v) is 3.89. The van der Waals surface area contributed by atoms with Crippen LogP contribution in [0.3, 0.4) is 0 Å². The van der Waals surface area contributed by atoms with Crippen molar-refractivity contribution in [3.63, 3.8) is 0 Å². The average molecular weight is 413 g/mol. The highest BCUT2D eigenvalue weighted by molar-refractivity contribution is 6.06. The zero-order valence-electron chi connectivity index (χ0n) is 17.2. The molecule has 0 unspecified atom stereocenters. The second kappa shape index (κ2) is 7.92. The first kappa shape index (κ1) is 19.4. The fraction of sp³-hybridized carbons (Fsp3) is 0.250. The zero-order chi connectivity index (χ0) is 21.4. The molecule has 4 aromatic rings. The van der Waals surface area contributed by atoms with Crippen molar-refractivity contribution in [3.05, 3.63) is 77.7 Å². The van der Waals surface area contributed by atoms with Crippen LogP contribution >= 0.6 is 0 Å². The van der Waals surface area contributed by atoms with Gasteiger partial charge in [0.05, 0.1) is 28.9 Å². The number of nitrogens with one attached hydrogen (secondary N) is 1. The lowest BCUT2D eigenvalue weighted by Gasteiger charge is -2.33. The van der Waals surface area contributed by atoms with Gasteiger partial charge in [-0.25, -0.2) is 0 Å². The number of hydrogen-bond acceptors (Lipinski definition) is 5. The van der Waals surface area contributed by atoms with E-state index in [9.17, 15) is 9.90 Å². The maximum Gasteiger partial charge on any atom is 0.253 e. The van der Waals surface area contributed by atoms with Gasteiger partial charge in [0.15, 0.2) is 0 Å². The van der Waals surface area contributed by atoms with E-state index in [0.717, 1.165) is 40.7 Å². The molecule has 1 aromatic carbocycles. The van der Waals surface area contributed by atoms with Crippen molar-refractivity contribution in [1.29, 1.82) is 0 Å². The molecule has 1 aliphatic carbocycles. The lowest BCUT2D eigenvalue weighted by molar-refractivity contribution is 0.0448. The molecule has 2 N–H and O–H groups in total. The Bertz CT molecular complexity index is 1250. The Morgan fingerprint density at radius 3 is 2.71 bits per heavy atom. The fourth-order valence-electron chi connectivity index (χ4n) is 3.89. The summed E-state index contributed by atoms with van der Waals surface area (Å²) in [6.07, 6.45) is 7.14. The molecule has 7 nitrogen and oxygen atoms in total. The zero-order valence-corrected chi connectivity index (χ0v) is 17.2. The second-order valence-electron chi connectivity index (χ2n) is 8.05. The van der Waals surface area contributed by atoms with Crippen LogP contribution in [0.2, 0.25) is 0 Å². The minimum absolute atomic E-state index is 0.182. The summed E-state index contributed by atoms with van der Waals surface area (Å²) in [5.74, 6) is -0.196.